The number of carbonyl (C=O) groups is 1. The number of thioether (sulfide) groups is 1. The van der Waals surface area contributed by atoms with E-state index in [2.05, 4.69) is 4.90 Å². The molecule has 0 bridgehead atoms. The van der Waals surface area contributed by atoms with Crippen molar-refractivity contribution in [1.82, 2.24) is 4.90 Å². The molecule has 0 spiro atoms. The number of hydrogen-bond donors (Lipinski definition) is 1. The van der Waals surface area contributed by atoms with Crippen molar-refractivity contribution in [2.45, 2.75) is 0 Å². The third-order valence-corrected chi connectivity index (χ3v) is 2.67. The van der Waals surface area contributed by atoms with Gasteiger partial charge in [-0.3, -0.25) is 4.90 Å². The van der Waals surface area contributed by atoms with E-state index in [1.54, 1.807) is 6.08 Å². The molecule has 3 nitrogen and oxygen atoms in total. The van der Waals surface area contributed by atoms with E-state index in [0.29, 0.717) is 0 Å². The summed E-state index contributed by atoms with van der Waals surface area (Å²) in [4.78, 5) is 12.4. The molecular formula is C8H13NO2S. The summed E-state index contributed by atoms with van der Waals surface area (Å²) in [6.45, 7) is 2.93. The Balaban J connectivity index is 2.17. The molecule has 0 aromatic rings. The molecule has 1 aliphatic heterocycles. The van der Waals surface area contributed by atoms with Crippen molar-refractivity contribution in [2.24, 2.45) is 0 Å². The molecule has 0 saturated carbocycles. The molecule has 1 fully saturated rings. The van der Waals surface area contributed by atoms with Crippen LogP contribution in [0.5, 0.6) is 0 Å². The van der Waals surface area contributed by atoms with E-state index in [9.17, 15) is 4.79 Å². The van der Waals surface area contributed by atoms with E-state index >= 15 is 0 Å². The molecule has 0 aliphatic carbocycles. The van der Waals surface area contributed by atoms with Crippen LogP contribution >= 0.6 is 11.8 Å². The van der Waals surface area contributed by atoms with Crippen molar-refractivity contribution in [3.05, 3.63) is 12.2 Å². The van der Waals surface area contributed by atoms with Gasteiger partial charge in [-0.25, -0.2) is 4.79 Å². The van der Waals surface area contributed by atoms with Gasteiger partial charge < -0.3 is 5.11 Å². The minimum Gasteiger partial charge on any atom is -0.478 e. The number of nitrogens with zero attached hydrogens (tertiary/aromatic N) is 1. The summed E-state index contributed by atoms with van der Waals surface area (Å²) >= 11 is 1.96. The second-order valence-electron chi connectivity index (χ2n) is 2.65. The maximum atomic E-state index is 10.1. The second-order valence-corrected chi connectivity index (χ2v) is 3.88. The summed E-state index contributed by atoms with van der Waals surface area (Å²) in [7, 11) is 0. The normalized spacial score (nSPS) is 20.0. The van der Waals surface area contributed by atoms with Gasteiger partial charge in [0.25, 0.3) is 0 Å². The fraction of sp³-hybridized carbons (Fsp3) is 0.625. The molecular weight excluding hydrogens is 174 g/mol. The third-order valence-electron chi connectivity index (χ3n) is 1.73. The minimum absolute atomic E-state index is 0.771. The van der Waals surface area contributed by atoms with E-state index in [4.69, 9.17) is 5.11 Å². The molecule has 1 heterocycles. The van der Waals surface area contributed by atoms with Crippen molar-refractivity contribution >= 4 is 17.7 Å². The van der Waals surface area contributed by atoms with Crippen LogP contribution in [0.4, 0.5) is 0 Å². The Morgan fingerprint density at radius 1 is 1.50 bits per heavy atom. The quantitative estimate of drug-likeness (QED) is 0.659. The Morgan fingerprint density at radius 2 is 2.17 bits per heavy atom. The summed E-state index contributed by atoms with van der Waals surface area (Å²) in [5, 5.41) is 8.33. The van der Waals surface area contributed by atoms with Crippen LogP contribution in [-0.4, -0.2) is 47.1 Å². The number of carboxylic acids is 1. The lowest BCUT2D eigenvalue weighted by atomic mass is 10.4. The zero-order valence-corrected chi connectivity index (χ0v) is 7.72. The van der Waals surface area contributed by atoms with E-state index in [1.807, 2.05) is 11.8 Å². The lowest BCUT2D eigenvalue weighted by molar-refractivity contribution is -0.131. The van der Waals surface area contributed by atoms with Crippen LogP contribution in [-0.2, 0) is 4.79 Å². The van der Waals surface area contributed by atoms with Gasteiger partial charge in [0.15, 0.2) is 0 Å². The van der Waals surface area contributed by atoms with Crippen LogP contribution in [0.1, 0.15) is 0 Å². The summed E-state index contributed by atoms with van der Waals surface area (Å²) in [5.41, 5.74) is 0. The van der Waals surface area contributed by atoms with E-state index < -0.39 is 5.97 Å². The summed E-state index contributed by atoms with van der Waals surface area (Å²) in [6, 6.07) is 0. The maximum Gasteiger partial charge on any atom is 0.328 e. The van der Waals surface area contributed by atoms with E-state index in [1.165, 1.54) is 17.6 Å². The van der Waals surface area contributed by atoms with Gasteiger partial charge in [0.05, 0.1) is 0 Å². The van der Waals surface area contributed by atoms with Crippen molar-refractivity contribution in [1.29, 1.82) is 0 Å². The minimum atomic E-state index is -0.860. The fourth-order valence-electron chi connectivity index (χ4n) is 1.09. The standard InChI is InChI=1S/C8H13NO2S/c10-8(11)2-1-3-9-4-6-12-7-5-9/h1-2H,3-7H2,(H,10,11)/b2-1+. The van der Waals surface area contributed by atoms with Crippen molar-refractivity contribution in [3.63, 3.8) is 0 Å². The lowest BCUT2D eigenvalue weighted by Gasteiger charge is -2.24. The predicted molar refractivity (Wildman–Crippen MR) is 50.5 cm³/mol. The van der Waals surface area contributed by atoms with E-state index in [0.717, 1.165) is 19.6 Å². The van der Waals surface area contributed by atoms with Crippen LogP contribution in [0.25, 0.3) is 0 Å². The molecule has 1 saturated heterocycles. The Bertz CT molecular complexity index is 176. The highest BCUT2D eigenvalue weighted by molar-refractivity contribution is 7.99. The first-order chi connectivity index (χ1) is 5.79. The molecule has 1 aliphatic rings. The van der Waals surface area contributed by atoms with Gasteiger partial charge in [-0.15, -0.1) is 0 Å². The highest BCUT2D eigenvalue weighted by Crippen LogP contribution is 2.08. The molecule has 0 aromatic heterocycles. The smallest absolute Gasteiger partial charge is 0.328 e. The molecule has 12 heavy (non-hydrogen) atoms. The highest BCUT2D eigenvalue weighted by Gasteiger charge is 2.07. The van der Waals surface area contributed by atoms with Gasteiger partial charge in [0.1, 0.15) is 0 Å². The van der Waals surface area contributed by atoms with Gasteiger partial charge in [-0.1, -0.05) is 6.08 Å². The van der Waals surface area contributed by atoms with Gasteiger partial charge in [0.2, 0.25) is 0 Å². The highest BCUT2D eigenvalue weighted by atomic mass is 32.2. The number of aliphatic carboxylic acids is 1. The first-order valence-electron chi connectivity index (χ1n) is 3.98. The van der Waals surface area contributed by atoms with Gasteiger partial charge >= 0.3 is 5.97 Å². The molecule has 0 aromatic carbocycles. The monoisotopic (exact) mass is 187 g/mol. The molecule has 0 unspecified atom stereocenters. The average molecular weight is 187 g/mol. The number of carboxylic acid groups (broad SMARTS) is 1. The molecule has 1 N–H and O–H groups in total. The van der Waals surface area contributed by atoms with Gasteiger partial charge in [0, 0.05) is 37.2 Å². The first-order valence-corrected chi connectivity index (χ1v) is 5.14. The largest absolute Gasteiger partial charge is 0.478 e. The predicted octanol–water partition coefficient (Wildman–Crippen LogP) is 0.676. The van der Waals surface area contributed by atoms with Gasteiger partial charge in [-0.05, 0) is 0 Å². The Kier molecular flexibility index (Phi) is 4.18. The topological polar surface area (TPSA) is 40.5 Å². The maximum absolute atomic E-state index is 10.1. The Morgan fingerprint density at radius 3 is 2.75 bits per heavy atom. The van der Waals surface area contributed by atoms with Crippen LogP contribution in [0, 0.1) is 0 Å². The van der Waals surface area contributed by atoms with Crippen LogP contribution in [0.15, 0.2) is 12.2 Å². The second kappa shape index (κ2) is 5.22. The SMILES string of the molecule is O=C(O)/C=C/CN1CCSCC1. The van der Waals surface area contributed by atoms with Crippen molar-refractivity contribution in [3.8, 4) is 0 Å². The zero-order chi connectivity index (χ0) is 8.81. The number of hydrogen-bond acceptors (Lipinski definition) is 3. The van der Waals surface area contributed by atoms with E-state index in [-0.39, 0.29) is 0 Å². The first kappa shape index (κ1) is 9.61. The van der Waals surface area contributed by atoms with Gasteiger partial charge in [-0.2, -0.15) is 11.8 Å². The Hall–Kier alpha value is -0.480. The lowest BCUT2D eigenvalue weighted by Crippen LogP contribution is -2.32. The van der Waals surface area contributed by atoms with Crippen LogP contribution in [0.2, 0.25) is 0 Å². The molecule has 0 atom stereocenters. The summed E-state index contributed by atoms with van der Waals surface area (Å²) in [6.07, 6.45) is 2.92. The average Bonchev–Trinajstić information content (AvgIpc) is 2.05. The Labute approximate surface area is 76.4 Å². The van der Waals surface area contributed by atoms with Crippen molar-refractivity contribution in [2.75, 3.05) is 31.1 Å². The molecule has 68 valence electrons. The molecule has 0 amide bonds. The van der Waals surface area contributed by atoms with Crippen LogP contribution < -0.4 is 0 Å². The summed E-state index contributed by atoms with van der Waals surface area (Å²) < 4.78 is 0. The van der Waals surface area contributed by atoms with Crippen molar-refractivity contribution < 1.29 is 9.90 Å². The molecule has 1 rings (SSSR count). The molecule has 4 heteroatoms. The molecule has 0 radical (unpaired) electrons. The van der Waals surface area contributed by atoms with Crippen LogP contribution in [0.3, 0.4) is 0 Å². The third kappa shape index (κ3) is 3.78. The number of rotatable bonds is 3. The summed E-state index contributed by atoms with van der Waals surface area (Å²) in [5.74, 6) is 1.48. The zero-order valence-electron chi connectivity index (χ0n) is 6.90. The fourth-order valence-corrected chi connectivity index (χ4v) is 2.07.